The highest BCUT2D eigenvalue weighted by Gasteiger charge is 2.21. The van der Waals surface area contributed by atoms with Crippen LogP contribution >= 0.6 is 22.9 Å². The lowest BCUT2D eigenvalue weighted by Gasteiger charge is -2.31. The Bertz CT molecular complexity index is 256. The van der Waals surface area contributed by atoms with Crippen LogP contribution in [0.15, 0.2) is 5.51 Å². The lowest BCUT2D eigenvalue weighted by molar-refractivity contribution is 0.0554. The van der Waals surface area contributed by atoms with Crippen LogP contribution < -0.4 is 4.90 Å². The van der Waals surface area contributed by atoms with Gasteiger partial charge < -0.3 is 9.64 Å². The van der Waals surface area contributed by atoms with Crippen molar-refractivity contribution in [1.82, 2.24) is 10.2 Å². The minimum absolute atomic E-state index is 0.124. The molecule has 1 unspecified atom stereocenters. The zero-order chi connectivity index (χ0) is 9.10. The zero-order valence-corrected chi connectivity index (χ0v) is 8.59. The van der Waals surface area contributed by atoms with Crippen LogP contribution in [0.25, 0.3) is 0 Å². The van der Waals surface area contributed by atoms with Gasteiger partial charge in [0.1, 0.15) is 5.51 Å². The number of morpholine rings is 1. The summed E-state index contributed by atoms with van der Waals surface area (Å²) in [7, 11) is 0. The second-order valence-electron chi connectivity index (χ2n) is 2.81. The zero-order valence-electron chi connectivity index (χ0n) is 7.02. The predicted molar refractivity (Wildman–Crippen MR) is 52.6 cm³/mol. The highest BCUT2D eigenvalue weighted by molar-refractivity contribution is 7.13. The molecule has 0 amide bonds. The molecule has 0 spiro atoms. The van der Waals surface area contributed by atoms with Crippen LogP contribution in [0.1, 0.15) is 0 Å². The van der Waals surface area contributed by atoms with Crippen molar-refractivity contribution in [1.29, 1.82) is 0 Å². The molecule has 1 aliphatic heterocycles. The molecular formula is C7H10ClN3OS. The van der Waals surface area contributed by atoms with E-state index < -0.39 is 0 Å². The van der Waals surface area contributed by atoms with E-state index >= 15 is 0 Å². The maximum absolute atomic E-state index is 5.72. The van der Waals surface area contributed by atoms with Crippen LogP contribution in [-0.2, 0) is 4.74 Å². The molecule has 1 fully saturated rings. The number of anilines is 1. The standard InChI is InChI=1S/C7H10ClN3OS/c8-3-6-4-11(1-2-12-6)7-10-9-5-13-7/h5-6H,1-4H2. The molecule has 1 aromatic rings. The molecule has 2 heterocycles. The van der Waals surface area contributed by atoms with Gasteiger partial charge in [0.05, 0.1) is 18.6 Å². The van der Waals surface area contributed by atoms with Crippen LogP contribution in [0.2, 0.25) is 0 Å². The van der Waals surface area contributed by atoms with Gasteiger partial charge >= 0.3 is 0 Å². The van der Waals surface area contributed by atoms with Crippen molar-refractivity contribution in [3.8, 4) is 0 Å². The van der Waals surface area contributed by atoms with E-state index in [0.717, 1.165) is 24.8 Å². The molecule has 0 N–H and O–H groups in total. The Morgan fingerprint density at radius 2 is 2.69 bits per heavy atom. The molecule has 1 atom stereocenters. The van der Waals surface area contributed by atoms with Crippen molar-refractivity contribution >= 4 is 28.1 Å². The number of hydrogen-bond acceptors (Lipinski definition) is 5. The first-order valence-electron chi connectivity index (χ1n) is 4.09. The third kappa shape index (κ3) is 2.10. The second-order valence-corrected chi connectivity index (χ2v) is 3.93. The van der Waals surface area contributed by atoms with Crippen LogP contribution in [0.4, 0.5) is 5.13 Å². The first kappa shape index (κ1) is 9.18. The normalized spacial score (nSPS) is 23.5. The Labute approximate surface area is 85.5 Å². The summed E-state index contributed by atoms with van der Waals surface area (Å²) in [6.07, 6.45) is 0.124. The van der Waals surface area contributed by atoms with Crippen molar-refractivity contribution in [3.05, 3.63) is 5.51 Å². The summed E-state index contributed by atoms with van der Waals surface area (Å²) in [4.78, 5) is 2.16. The molecule has 0 bridgehead atoms. The van der Waals surface area contributed by atoms with E-state index in [0.29, 0.717) is 5.88 Å². The maximum atomic E-state index is 5.72. The summed E-state index contributed by atoms with van der Waals surface area (Å²) in [5.74, 6) is 0.537. The van der Waals surface area contributed by atoms with Gasteiger partial charge in [-0.15, -0.1) is 21.8 Å². The van der Waals surface area contributed by atoms with Gasteiger partial charge in [0.15, 0.2) is 0 Å². The maximum Gasteiger partial charge on any atom is 0.208 e. The Balaban J connectivity index is 2.00. The first-order chi connectivity index (χ1) is 6.40. The summed E-state index contributed by atoms with van der Waals surface area (Å²) in [6.45, 7) is 2.41. The average Bonchev–Trinajstić information content (AvgIpc) is 2.71. The molecule has 1 aliphatic rings. The summed E-state index contributed by atoms with van der Waals surface area (Å²) in [5, 5.41) is 8.76. The molecule has 2 rings (SSSR count). The van der Waals surface area contributed by atoms with E-state index in [2.05, 4.69) is 15.1 Å². The van der Waals surface area contributed by atoms with Gasteiger partial charge in [0, 0.05) is 13.1 Å². The van der Waals surface area contributed by atoms with E-state index in [9.17, 15) is 0 Å². The molecule has 0 aromatic carbocycles. The molecule has 1 aromatic heterocycles. The second kappa shape index (κ2) is 4.21. The van der Waals surface area contributed by atoms with Gasteiger partial charge in [-0.1, -0.05) is 11.3 Å². The van der Waals surface area contributed by atoms with Gasteiger partial charge in [-0.05, 0) is 0 Å². The summed E-state index contributed by atoms with van der Waals surface area (Å²) in [6, 6.07) is 0. The van der Waals surface area contributed by atoms with Crippen molar-refractivity contribution in [2.75, 3.05) is 30.5 Å². The molecule has 13 heavy (non-hydrogen) atoms. The van der Waals surface area contributed by atoms with Crippen molar-refractivity contribution < 1.29 is 4.74 Å². The minimum atomic E-state index is 0.124. The molecule has 0 saturated carbocycles. The first-order valence-corrected chi connectivity index (χ1v) is 5.50. The number of nitrogens with zero attached hydrogens (tertiary/aromatic N) is 3. The van der Waals surface area contributed by atoms with Crippen LogP contribution in [0.3, 0.4) is 0 Å². The monoisotopic (exact) mass is 219 g/mol. The van der Waals surface area contributed by atoms with Crippen molar-refractivity contribution in [3.63, 3.8) is 0 Å². The van der Waals surface area contributed by atoms with Crippen LogP contribution in [0.5, 0.6) is 0 Å². The Kier molecular flexibility index (Phi) is 2.97. The Morgan fingerprint density at radius 1 is 1.77 bits per heavy atom. The number of rotatable bonds is 2. The predicted octanol–water partition coefficient (Wildman–Crippen LogP) is 0.982. The van der Waals surface area contributed by atoms with Gasteiger partial charge in [-0.2, -0.15) is 0 Å². The van der Waals surface area contributed by atoms with Crippen LogP contribution in [-0.4, -0.2) is 41.9 Å². The van der Waals surface area contributed by atoms with Crippen LogP contribution in [0, 0.1) is 0 Å². The summed E-state index contributed by atoms with van der Waals surface area (Å²) >= 11 is 7.27. The molecular weight excluding hydrogens is 210 g/mol. The fraction of sp³-hybridized carbons (Fsp3) is 0.714. The molecule has 72 valence electrons. The third-order valence-electron chi connectivity index (χ3n) is 1.93. The molecule has 0 radical (unpaired) electrons. The number of hydrogen-bond donors (Lipinski definition) is 0. The Morgan fingerprint density at radius 3 is 3.38 bits per heavy atom. The van der Waals surface area contributed by atoms with Gasteiger partial charge in [-0.3, -0.25) is 0 Å². The molecule has 6 heteroatoms. The average molecular weight is 220 g/mol. The lowest BCUT2D eigenvalue weighted by Crippen LogP contribution is -2.43. The highest BCUT2D eigenvalue weighted by atomic mass is 35.5. The minimum Gasteiger partial charge on any atom is -0.373 e. The highest BCUT2D eigenvalue weighted by Crippen LogP contribution is 2.18. The number of halogens is 1. The van der Waals surface area contributed by atoms with Crippen molar-refractivity contribution in [2.24, 2.45) is 0 Å². The number of ether oxygens (including phenoxy) is 1. The fourth-order valence-electron chi connectivity index (χ4n) is 1.29. The SMILES string of the molecule is ClCC1CN(c2nncs2)CCO1. The Hall–Kier alpha value is -0.390. The van der Waals surface area contributed by atoms with Crippen molar-refractivity contribution in [2.45, 2.75) is 6.10 Å². The van der Waals surface area contributed by atoms with Gasteiger partial charge in [0.2, 0.25) is 5.13 Å². The topological polar surface area (TPSA) is 38.2 Å². The molecule has 0 aliphatic carbocycles. The number of alkyl halides is 1. The largest absolute Gasteiger partial charge is 0.373 e. The smallest absolute Gasteiger partial charge is 0.208 e. The van der Waals surface area contributed by atoms with E-state index in [1.165, 1.54) is 0 Å². The number of aromatic nitrogens is 2. The van der Waals surface area contributed by atoms with Gasteiger partial charge in [-0.25, -0.2) is 0 Å². The van der Waals surface area contributed by atoms with E-state index in [-0.39, 0.29) is 6.10 Å². The molecule has 1 saturated heterocycles. The third-order valence-corrected chi connectivity index (χ3v) is 3.02. The van der Waals surface area contributed by atoms with E-state index in [1.54, 1.807) is 16.8 Å². The quantitative estimate of drug-likeness (QED) is 0.696. The summed E-state index contributed by atoms with van der Waals surface area (Å²) in [5.41, 5.74) is 1.74. The van der Waals surface area contributed by atoms with E-state index in [4.69, 9.17) is 16.3 Å². The lowest BCUT2D eigenvalue weighted by atomic mass is 10.3. The fourth-order valence-corrected chi connectivity index (χ4v) is 2.08. The van der Waals surface area contributed by atoms with Gasteiger partial charge in [0.25, 0.3) is 0 Å². The molecule has 4 nitrogen and oxygen atoms in total. The summed E-state index contributed by atoms with van der Waals surface area (Å²) < 4.78 is 5.44. The van der Waals surface area contributed by atoms with E-state index in [1.807, 2.05) is 0 Å².